The maximum Gasteiger partial charge on any atom is 0.188 e. The normalized spacial score (nSPS) is 10.9. The second-order valence-electron chi connectivity index (χ2n) is 6.15. The minimum atomic E-state index is -1.75. The lowest BCUT2D eigenvalue weighted by Crippen LogP contribution is -2.02. The van der Waals surface area contributed by atoms with Gasteiger partial charge in [-0.1, -0.05) is 23.2 Å². The molecule has 0 unspecified atom stereocenters. The number of benzene rings is 2. The number of ether oxygens (including phenoxy) is 4. The smallest absolute Gasteiger partial charge is 0.188 e. The number of rotatable bonds is 8. The van der Waals surface area contributed by atoms with Crippen molar-refractivity contribution in [3.05, 3.63) is 69.3 Å². The van der Waals surface area contributed by atoms with Crippen LogP contribution in [-0.2, 0) is 10.8 Å². The fourth-order valence-corrected chi connectivity index (χ4v) is 5.71. The van der Waals surface area contributed by atoms with Crippen molar-refractivity contribution in [2.45, 2.75) is 9.79 Å². The SMILES string of the molecule is COc1c(Cl)ccc(S(=O)c2ccc(Cl)c(OC)c2Oc2cccs2)c1Oc1cccs1. The van der Waals surface area contributed by atoms with E-state index in [1.165, 1.54) is 36.9 Å². The molecule has 0 aliphatic carbocycles. The molecule has 0 aliphatic heterocycles. The summed E-state index contributed by atoms with van der Waals surface area (Å²) in [5.41, 5.74) is 0. The molecule has 166 valence electrons. The van der Waals surface area contributed by atoms with Crippen molar-refractivity contribution in [2.75, 3.05) is 14.2 Å². The molecule has 0 radical (unpaired) electrons. The van der Waals surface area contributed by atoms with E-state index in [1.807, 2.05) is 22.9 Å². The first-order valence-electron chi connectivity index (χ1n) is 9.11. The third-order valence-corrected chi connectivity index (χ3v) is 7.79. The van der Waals surface area contributed by atoms with Gasteiger partial charge in [0.2, 0.25) is 0 Å². The van der Waals surface area contributed by atoms with Gasteiger partial charge in [0.25, 0.3) is 0 Å². The second kappa shape index (κ2) is 10.1. The van der Waals surface area contributed by atoms with Gasteiger partial charge >= 0.3 is 0 Å². The lowest BCUT2D eigenvalue weighted by Gasteiger charge is -2.18. The summed E-state index contributed by atoms with van der Waals surface area (Å²) >= 11 is 15.4. The summed E-state index contributed by atoms with van der Waals surface area (Å²) in [6, 6.07) is 13.8. The first-order chi connectivity index (χ1) is 15.5. The highest BCUT2D eigenvalue weighted by molar-refractivity contribution is 7.85. The standard InChI is InChI=1S/C22H16Cl2O5S3/c1-26-19-13(23)7-9-15(21(19)28-17-5-3-11-30-17)32(25)16-10-8-14(24)20(27-2)22(16)29-18-6-4-12-31-18/h3-12H,1-2H3. The minimum absolute atomic E-state index is 0.261. The Morgan fingerprint density at radius 3 is 1.47 bits per heavy atom. The number of halogens is 2. The summed E-state index contributed by atoms with van der Waals surface area (Å²) in [5.74, 6) is 1.09. The van der Waals surface area contributed by atoms with Crippen molar-refractivity contribution >= 4 is 56.7 Å². The van der Waals surface area contributed by atoms with Crippen LogP contribution < -0.4 is 18.9 Å². The largest absolute Gasteiger partial charge is 0.491 e. The molecule has 4 rings (SSSR count). The van der Waals surface area contributed by atoms with E-state index in [4.69, 9.17) is 42.1 Å². The highest BCUT2D eigenvalue weighted by Crippen LogP contribution is 2.48. The van der Waals surface area contributed by atoms with E-state index in [0.29, 0.717) is 30.0 Å². The minimum Gasteiger partial charge on any atom is -0.491 e. The molecule has 32 heavy (non-hydrogen) atoms. The molecule has 4 aromatic rings. The van der Waals surface area contributed by atoms with Crippen molar-refractivity contribution in [2.24, 2.45) is 0 Å². The Morgan fingerprint density at radius 1 is 0.688 bits per heavy atom. The van der Waals surface area contributed by atoms with Gasteiger partial charge < -0.3 is 18.9 Å². The molecular formula is C22H16Cl2O5S3. The summed E-state index contributed by atoms with van der Waals surface area (Å²) in [6.07, 6.45) is 0. The van der Waals surface area contributed by atoms with Crippen LogP contribution in [0.5, 0.6) is 33.1 Å². The van der Waals surface area contributed by atoms with E-state index in [-0.39, 0.29) is 23.0 Å². The van der Waals surface area contributed by atoms with E-state index in [9.17, 15) is 4.21 Å². The molecule has 5 nitrogen and oxygen atoms in total. The molecule has 2 heterocycles. The van der Waals surface area contributed by atoms with Crippen molar-refractivity contribution in [1.82, 2.24) is 0 Å². The highest BCUT2D eigenvalue weighted by Gasteiger charge is 2.26. The van der Waals surface area contributed by atoms with Gasteiger partial charge in [0, 0.05) is 0 Å². The van der Waals surface area contributed by atoms with E-state index in [1.54, 1.807) is 36.4 Å². The van der Waals surface area contributed by atoms with Gasteiger partial charge in [-0.2, -0.15) is 0 Å². The number of thiophene rings is 2. The van der Waals surface area contributed by atoms with Gasteiger partial charge in [0.1, 0.15) is 0 Å². The van der Waals surface area contributed by atoms with E-state index >= 15 is 0 Å². The van der Waals surface area contributed by atoms with Crippen LogP contribution in [0.25, 0.3) is 0 Å². The molecule has 0 N–H and O–H groups in total. The maximum absolute atomic E-state index is 13.9. The van der Waals surface area contributed by atoms with Crippen LogP contribution in [0, 0.1) is 0 Å². The fourth-order valence-electron chi connectivity index (χ4n) is 2.87. The summed E-state index contributed by atoms with van der Waals surface area (Å²) in [4.78, 5) is 0.722. The van der Waals surface area contributed by atoms with Crippen LogP contribution in [0.15, 0.2) is 69.1 Å². The molecule has 0 saturated heterocycles. The van der Waals surface area contributed by atoms with Crippen LogP contribution in [0.4, 0.5) is 0 Å². The van der Waals surface area contributed by atoms with Crippen LogP contribution in [-0.4, -0.2) is 18.4 Å². The second-order valence-corrected chi connectivity index (χ2v) is 10.2. The van der Waals surface area contributed by atoms with Gasteiger partial charge in [0.05, 0.1) is 44.9 Å². The van der Waals surface area contributed by atoms with Crippen LogP contribution in [0.3, 0.4) is 0 Å². The summed E-state index contributed by atoms with van der Waals surface area (Å²) in [6.45, 7) is 0. The quantitative estimate of drug-likeness (QED) is 0.233. The molecule has 0 fully saturated rings. The lowest BCUT2D eigenvalue weighted by molar-refractivity contribution is 0.375. The lowest BCUT2D eigenvalue weighted by atomic mass is 10.3. The van der Waals surface area contributed by atoms with E-state index in [2.05, 4.69) is 0 Å². The zero-order valence-electron chi connectivity index (χ0n) is 16.8. The molecule has 2 aromatic heterocycles. The molecule has 0 spiro atoms. The molecule has 0 atom stereocenters. The number of hydrogen-bond donors (Lipinski definition) is 0. The zero-order valence-corrected chi connectivity index (χ0v) is 20.8. The van der Waals surface area contributed by atoms with Crippen LogP contribution >= 0.6 is 45.9 Å². The first-order valence-corrected chi connectivity index (χ1v) is 12.8. The third kappa shape index (κ3) is 4.60. The van der Waals surface area contributed by atoms with Crippen molar-refractivity contribution in [3.63, 3.8) is 0 Å². The van der Waals surface area contributed by atoms with Crippen LogP contribution in [0.1, 0.15) is 0 Å². The van der Waals surface area contributed by atoms with Crippen LogP contribution in [0.2, 0.25) is 10.0 Å². The summed E-state index contributed by atoms with van der Waals surface area (Å²) < 4.78 is 36.9. The molecular weight excluding hydrogens is 511 g/mol. The van der Waals surface area contributed by atoms with Crippen molar-refractivity contribution in [3.8, 4) is 33.1 Å². The Hall–Kier alpha value is -2.23. The van der Waals surface area contributed by atoms with E-state index in [0.717, 1.165) is 0 Å². The number of hydrogen-bond acceptors (Lipinski definition) is 7. The Labute approximate surface area is 205 Å². The van der Waals surface area contributed by atoms with Crippen molar-refractivity contribution in [1.29, 1.82) is 0 Å². The molecule has 0 aliphatic rings. The zero-order chi connectivity index (χ0) is 22.7. The number of methoxy groups -OCH3 is 2. The topological polar surface area (TPSA) is 54.0 Å². The Bertz CT molecular complexity index is 1150. The predicted octanol–water partition coefficient (Wildman–Crippen LogP) is 7.88. The molecule has 2 aromatic carbocycles. The Morgan fingerprint density at radius 2 is 1.12 bits per heavy atom. The Balaban J connectivity index is 1.86. The highest BCUT2D eigenvalue weighted by atomic mass is 35.5. The monoisotopic (exact) mass is 526 g/mol. The molecule has 0 bridgehead atoms. The van der Waals surface area contributed by atoms with Gasteiger partial charge in [-0.25, -0.2) is 4.21 Å². The average Bonchev–Trinajstić information content (AvgIpc) is 3.48. The fraction of sp³-hybridized carbons (Fsp3) is 0.0909. The first kappa shape index (κ1) is 22.9. The summed E-state index contributed by atoms with van der Waals surface area (Å²) in [7, 11) is 1.20. The average molecular weight is 527 g/mol. The Kier molecular flexibility index (Phi) is 7.27. The summed E-state index contributed by atoms with van der Waals surface area (Å²) in [5, 5.41) is 5.63. The molecule has 0 amide bonds. The molecule has 10 heteroatoms. The van der Waals surface area contributed by atoms with Gasteiger partial charge in [-0.15, -0.1) is 22.7 Å². The van der Waals surface area contributed by atoms with E-state index < -0.39 is 10.8 Å². The predicted molar refractivity (Wildman–Crippen MR) is 129 cm³/mol. The van der Waals surface area contributed by atoms with Crippen molar-refractivity contribution < 1.29 is 23.2 Å². The van der Waals surface area contributed by atoms with Gasteiger partial charge in [-0.05, 0) is 59.3 Å². The maximum atomic E-state index is 13.9. The molecule has 0 saturated carbocycles. The third-order valence-electron chi connectivity index (χ3n) is 4.26. The van der Waals surface area contributed by atoms with Gasteiger partial charge in [0.15, 0.2) is 33.1 Å². The van der Waals surface area contributed by atoms with Gasteiger partial charge in [-0.3, -0.25) is 0 Å².